The summed E-state index contributed by atoms with van der Waals surface area (Å²) in [4.78, 5) is 14.5. The summed E-state index contributed by atoms with van der Waals surface area (Å²) in [6.07, 6.45) is 2.73. The van der Waals surface area contributed by atoms with Crippen molar-refractivity contribution in [3.63, 3.8) is 0 Å². The van der Waals surface area contributed by atoms with Gasteiger partial charge in [-0.3, -0.25) is 4.79 Å². The molecular formula is C8H6Cl3NO3. The third-order valence-corrected chi connectivity index (χ3v) is 1.79. The van der Waals surface area contributed by atoms with Crippen LogP contribution in [-0.4, -0.2) is 12.1 Å². The van der Waals surface area contributed by atoms with Gasteiger partial charge in [-0.25, -0.2) is 0 Å². The van der Waals surface area contributed by atoms with Gasteiger partial charge in [0.05, 0.1) is 13.4 Å². The lowest BCUT2D eigenvalue weighted by molar-refractivity contribution is 0.340. The highest BCUT2D eigenvalue weighted by Gasteiger charge is 2.28. The summed E-state index contributed by atoms with van der Waals surface area (Å²) in [5.41, 5.74) is -0.557. The molecule has 82 valence electrons. The Kier molecular flexibility index (Phi) is 4.02. The number of rotatable bonds is 2. The Hall–Kier alpha value is -0.710. The molecule has 0 N–H and O–H groups in total. The Bertz CT molecular complexity index is 422. The number of ether oxygens (including phenoxy) is 1. The molecule has 0 aliphatic carbocycles. The minimum absolute atomic E-state index is 0.193. The van der Waals surface area contributed by atoms with Gasteiger partial charge >= 0.3 is 0 Å². The Balaban J connectivity index is 3.17. The number of alkyl halides is 3. The molecule has 0 bridgehead atoms. The van der Waals surface area contributed by atoms with Crippen molar-refractivity contribution in [3.05, 3.63) is 34.3 Å². The van der Waals surface area contributed by atoms with E-state index in [0.29, 0.717) is 0 Å². The fraction of sp³-hybridized carbons (Fsp3) is 0.250. The van der Waals surface area contributed by atoms with Gasteiger partial charge in [-0.15, -0.1) is 0 Å². The van der Waals surface area contributed by atoms with Crippen LogP contribution in [0, 0.1) is 0 Å². The second kappa shape index (κ2) is 4.88. The zero-order valence-electron chi connectivity index (χ0n) is 7.54. The summed E-state index contributed by atoms with van der Waals surface area (Å²) in [7, 11) is 1.45. The van der Waals surface area contributed by atoms with E-state index in [0.717, 1.165) is 6.07 Å². The predicted molar refractivity (Wildman–Crippen MR) is 58.1 cm³/mol. The number of hydrogen-bond donors (Lipinski definition) is 0. The molecule has 1 heterocycles. The summed E-state index contributed by atoms with van der Waals surface area (Å²) in [5.74, 6) is -0.0890. The van der Waals surface area contributed by atoms with Crippen LogP contribution < -0.4 is 5.56 Å². The predicted octanol–water partition coefficient (Wildman–Crippen LogP) is 2.48. The largest absolute Gasteiger partial charge is 0.504 e. The van der Waals surface area contributed by atoms with Crippen molar-refractivity contribution in [2.24, 2.45) is 0 Å². The first-order valence-electron chi connectivity index (χ1n) is 3.72. The van der Waals surface area contributed by atoms with E-state index in [-0.39, 0.29) is 11.7 Å². The Morgan fingerprint density at radius 3 is 2.73 bits per heavy atom. The average Bonchev–Trinajstić information content (AvgIpc) is 2.12. The molecule has 0 amide bonds. The van der Waals surface area contributed by atoms with E-state index in [1.165, 1.54) is 19.4 Å². The highest BCUT2D eigenvalue weighted by atomic mass is 35.6. The lowest BCUT2D eigenvalue weighted by atomic mass is 10.4. The van der Waals surface area contributed by atoms with Crippen LogP contribution in [0.4, 0.5) is 0 Å². The van der Waals surface area contributed by atoms with Crippen molar-refractivity contribution in [2.75, 3.05) is 7.11 Å². The van der Waals surface area contributed by atoms with Gasteiger partial charge in [-0.2, -0.15) is 4.98 Å². The molecule has 0 aliphatic rings. The normalized spacial score (nSPS) is 12.0. The van der Waals surface area contributed by atoms with Gasteiger partial charge in [0.2, 0.25) is 0 Å². The minimum atomic E-state index is -1.86. The zero-order valence-corrected chi connectivity index (χ0v) is 9.81. The van der Waals surface area contributed by atoms with Crippen molar-refractivity contribution >= 4 is 40.9 Å². The smallest absolute Gasteiger partial charge is 0.276 e. The SMILES string of the molecule is COC=Cc1cc(=O)nc(C(Cl)(Cl)Cl)o1. The van der Waals surface area contributed by atoms with Crippen molar-refractivity contribution in [1.82, 2.24) is 4.98 Å². The number of halogens is 3. The van der Waals surface area contributed by atoms with Crippen molar-refractivity contribution in [3.8, 4) is 0 Å². The number of hydrogen-bond acceptors (Lipinski definition) is 4. The fourth-order valence-electron chi connectivity index (χ4n) is 0.756. The zero-order chi connectivity index (χ0) is 11.5. The maximum atomic E-state index is 11.1. The van der Waals surface area contributed by atoms with Crippen molar-refractivity contribution in [1.29, 1.82) is 0 Å². The first-order valence-corrected chi connectivity index (χ1v) is 4.85. The molecule has 0 atom stereocenters. The first-order chi connectivity index (χ1) is 6.93. The molecule has 0 radical (unpaired) electrons. The van der Waals surface area contributed by atoms with Gasteiger partial charge in [0.1, 0.15) is 5.76 Å². The molecule has 4 nitrogen and oxygen atoms in total. The summed E-state index contributed by atoms with van der Waals surface area (Å²) >= 11 is 16.6. The third kappa shape index (κ3) is 3.74. The topological polar surface area (TPSA) is 52.3 Å². The standard InChI is InChI=1S/C8H6Cl3NO3/c1-14-3-2-5-4-6(13)12-7(15-5)8(9,10)11/h2-4H,1H3. The highest BCUT2D eigenvalue weighted by Crippen LogP contribution is 2.36. The fourth-order valence-corrected chi connectivity index (χ4v) is 0.999. The molecule has 0 aliphatic heterocycles. The van der Waals surface area contributed by atoms with Crippen LogP contribution in [0.1, 0.15) is 11.7 Å². The average molecular weight is 270 g/mol. The Morgan fingerprint density at radius 1 is 1.53 bits per heavy atom. The summed E-state index contributed by atoms with van der Waals surface area (Å²) < 4.78 is 7.84. The van der Waals surface area contributed by atoms with Gasteiger partial charge in [-0.05, 0) is 0 Å². The van der Waals surface area contributed by atoms with Crippen LogP contribution in [0.25, 0.3) is 6.08 Å². The Morgan fingerprint density at radius 2 is 2.20 bits per heavy atom. The van der Waals surface area contributed by atoms with E-state index in [1.54, 1.807) is 0 Å². The van der Waals surface area contributed by atoms with Gasteiger partial charge in [0.25, 0.3) is 15.2 Å². The first kappa shape index (κ1) is 12.4. The molecule has 0 saturated heterocycles. The summed E-state index contributed by atoms with van der Waals surface area (Å²) in [6.45, 7) is 0. The summed E-state index contributed by atoms with van der Waals surface area (Å²) in [5, 5.41) is 0. The molecular weight excluding hydrogens is 264 g/mol. The second-order valence-corrected chi connectivity index (χ2v) is 4.72. The van der Waals surface area contributed by atoms with Crippen LogP contribution in [0.3, 0.4) is 0 Å². The van der Waals surface area contributed by atoms with Crippen molar-refractivity contribution in [2.45, 2.75) is 3.79 Å². The quantitative estimate of drug-likeness (QED) is 0.612. The monoisotopic (exact) mass is 269 g/mol. The minimum Gasteiger partial charge on any atom is -0.504 e. The summed E-state index contributed by atoms with van der Waals surface area (Å²) in [6, 6.07) is 1.15. The maximum absolute atomic E-state index is 11.1. The van der Waals surface area contributed by atoms with Crippen LogP contribution >= 0.6 is 34.8 Å². The maximum Gasteiger partial charge on any atom is 0.276 e. The van der Waals surface area contributed by atoms with Gasteiger partial charge in [-0.1, -0.05) is 34.8 Å². The van der Waals surface area contributed by atoms with Crippen LogP contribution in [0.5, 0.6) is 0 Å². The van der Waals surface area contributed by atoms with Gasteiger partial charge in [0.15, 0.2) is 0 Å². The number of methoxy groups -OCH3 is 1. The van der Waals surface area contributed by atoms with Gasteiger partial charge < -0.3 is 9.15 Å². The molecule has 0 unspecified atom stereocenters. The molecule has 0 fully saturated rings. The van der Waals surface area contributed by atoms with E-state index in [9.17, 15) is 4.79 Å². The highest BCUT2D eigenvalue weighted by molar-refractivity contribution is 6.66. The van der Waals surface area contributed by atoms with Crippen LogP contribution in [0.2, 0.25) is 0 Å². The number of aromatic nitrogens is 1. The lowest BCUT2D eigenvalue weighted by Gasteiger charge is -2.07. The van der Waals surface area contributed by atoms with E-state index in [2.05, 4.69) is 9.72 Å². The molecule has 0 saturated carbocycles. The molecule has 0 spiro atoms. The molecule has 1 aromatic rings. The molecule has 7 heteroatoms. The van der Waals surface area contributed by atoms with Crippen molar-refractivity contribution < 1.29 is 9.15 Å². The van der Waals surface area contributed by atoms with Gasteiger partial charge in [0, 0.05) is 12.1 Å². The number of nitrogens with zero attached hydrogens (tertiary/aromatic N) is 1. The van der Waals surface area contributed by atoms with E-state index in [4.69, 9.17) is 39.2 Å². The molecule has 0 aromatic carbocycles. The van der Waals surface area contributed by atoms with E-state index >= 15 is 0 Å². The molecule has 15 heavy (non-hydrogen) atoms. The second-order valence-electron chi connectivity index (χ2n) is 2.44. The van der Waals surface area contributed by atoms with Crippen LogP contribution in [-0.2, 0) is 8.53 Å². The van der Waals surface area contributed by atoms with E-state index in [1.807, 2.05) is 0 Å². The lowest BCUT2D eigenvalue weighted by Crippen LogP contribution is -2.13. The van der Waals surface area contributed by atoms with E-state index < -0.39 is 9.35 Å². The molecule has 1 aromatic heterocycles. The van der Waals surface area contributed by atoms with Crippen LogP contribution in [0.15, 0.2) is 21.5 Å². The third-order valence-electron chi connectivity index (χ3n) is 1.30. The molecule has 1 rings (SSSR count). The Labute approximate surface area is 100 Å².